The van der Waals surface area contributed by atoms with E-state index < -0.39 is 0 Å². The minimum absolute atomic E-state index is 0.215. The van der Waals surface area contributed by atoms with Gasteiger partial charge in [-0.3, -0.25) is 0 Å². The molecule has 3 aromatic rings. The van der Waals surface area contributed by atoms with E-state index in [1.165, 1.54) is 45.0 Å². The molecule has 4 rings (SSSR count). The van der Waals surface area contributed by atoms with Crippen LogP contribution >= 0.6 is 0 Å². The molecule has 0 fully saturated rings. The topological polar surface area (TPSA) is 12.7 Å². The molecule has 4 heteroatoms. The van der Waals surface area contributed by atoms with Gasteiger partial charge in [0.15, 0.2) is 5.71 Å². The molecule has 212 valence electrons. The number of benzene rings is 3. The van der Waals surface area contributed by atoms with Crippen LogP contribution in [0.1, 0.15) is 22.6 Å². The van der Waals surface area contributed by atoms with Gasteiger partial charge in [-0.25, -0.2) is 4.58 Å². The summed E-state index contributed by atoms with van der Waals surface area (Å²) in [7, 11) is 16.6. The summed E-state index contributed by atoms with van der Waals surface area (Å²) in [4.78, 5) is 6.41. The van der Waals surface area contributed by atoms with Gasteiger partial charge >= 0.3 is 0 Å². The first-order valence-electron chi connectivity index (χ1n) is 14.3. The molecule has 0 bridgehead atoms. The van der Waals surface area contributed by atoms with Crippen LogP contribution in [0, 0.1) is 5.92 Å². The third-order valence-corrected chi connectivity index (χ3v) is 7.67. The van der Waals surface area contributed by atoms with Crippen molar-refractivity contribution in [3.63, 3.8) is 0 Å². The predicted molar refractivity (Wildman–Crippen MR) is 180 cm³/mol. The molecule has 0 heterocycles. The normalized spacial score (nSPS) is 15.1. The van der Waals surface area contributed by atoms with Gasteiger partial charge in [0.1, 0.15) is 14.1 Å². The highest BCUT2D eigenvalue weighted by Gasteiger charge is 2.20. The Labute approximate surface area is 247 Å². The molecule has 0 N–H and O–H groups in total. The molecular formula is C37H45N4+. The molecule has 1 aliphatic rings. The molecule has 1 atom stereocenters. The second kappa shape index (κ2) is 13.4. The fourth-order valence-corrected chi connectivity index (χ4v) is 5.04. The van der Waals surface area contributed by atoms with Gasteiger partial charge in [0, 0.05) is 83.3 Å². The van der Waals surface area contributed by atoms with Gasteiger partial charge in [0.25, 0.3) is 0 Å². The second-order valence-electron chi connectivity index (χ2n) is 11.5. The average Bonchev–Trinajstić information content (AvgIpc) is 2.97. The monoisotopic (exact) mass is 545 g/mol. The molecule has 41 heavy (non-hydrogen) atoms. The summed E-state index contributed by atoms with van der Waals surface area (Å²) in [6.07, 6.45) is 16.0. The van der Waals surface area contributed by atoms with Gasteiger partial charge in [-0.1, -0.05) is 66.8 Å². The highest BCUT2D eigenvalue weighted by atomic mass is 15.1. The van der Waals surface area contributed by atoms with E-state index in [9.17, 15) is 0 Å². The second-order valence-corrected chi connectivity index (χ2v) is 11.5. The Hall–Kier alpha value is -4.31. The number of allylic oxidation sites excluding steroid dienone is 7. The Morgan fingerprint density at radius 2 is 1.05 bits per heavy atom. The van der Waals surface area contributed by atoms with Gasteiger partial charge in [-0.2, -0.15) is 0 Å². The molecule has 0 radical (unpaired) electrons. The first-order chi connectivity index (χ1) is 19.6. The maximum atomic E-state index is 2.35. The quantitative estimate of drug-likeness (QED) is 0.210. The van der Waals surface area contributed by atoms with Crippen molar-refractivity contribution in [1.29, 1.82) is 0 Å². The number of nitrogens with zero attached hydrogens (tertiary/aromatic N) is 4. The maximum Gasteiger partial charge on any atom is 0.198 e. The summed E-state index contributed by atoms with van der Waals surface area (Å²) < 4.78 is 2.15. The van der Waals surface area contributed by atoms with Crippen LogP contribution in [-0.2, 0) is 0 Å². The molecule has 1 unspecified atom stereocenters. The number of hydrogen-bond donors (Lipinski definition) is 0. The van der Waals surface area contributed by atoms with E-state index in [-0.39, 0.29) is 11.8 Å². The van der Waals surface area contributed by atoms with Crippen molar-refractivity contribution in [3.05, 3.63) is 132 Å². The van der Waals surface area contributed by atoms with Crippen LogP contribution < -0.4 is 14.7 Å². The van der Waals surface area contributed by atoms with Crippen molar-refractivity contribution in [2.45, 2.75) is 5.92 Å². The lowest BCUT2D eigenvalue weighted by Gasteiger charge is -2.22. The minimum Gasteiger partial charge on any atom is -0.378 e. The van der Waals surface area contributed by atoms with E-state index in [0.717, 1.165) is 0 Å². The van der Waals surface area contributed by atoms with E-state index >= 15 is 0 Å². The summed E-state index contributed by atoms with van der Waals surface area (Å²) in [5, 5.41) is 0. The van der Waals surface area contributed by atoms with Gasteiger partial charge in [0.05, 0.1) is 0 Å². The van der Waals surface area contributed by atoms with Crippen molar-refractivity contribution in [3.8, 4) is 0 Å². The van der Waals surface area contributed by atoms with E-state index in [2.05, 4.69) is 191 Å². The standard InChI is InChI=1S/C37H45N4/c1-38(2)32-20-12-28(13-21-32)36(29-14-22-33(23-15-29)39(3)4)10-9-11-37(30-16-24-34(25-17-30)40(5)6)31-18-26-35(27-19-31)41(7)8/h9-28,36H,1-8H3/q+1. The van der Waals surface area contributed by atoms with Crippen molar-refractivity contribution < 1.29 is 4.58 Å². The molecule has 3 aromatic carbocycles. The lowest BCUT2D eigenvalue weighted by atomic mass is 9.83. The third kappa shape index (κ3) is 7.46. The molecule has 0 aliphatic heterocycles. The van der Waals surface area contributed by atoms with Crippen molar-refractivity contribution >= 4 is 28.3 Å². The predicted octanol–water partition coefficient (Wildman–Crippen LogP) is 7.11. The van der Waals surface area contributed by atoms with Crippen molar-refractivity contribution in [2.75, 3.05) is 71.1 Å². The fourth-order valence-electron chi connectivity index (χ4n) is 5.04. The average molecular weight is 546 g/mol. The van der Waals surface area contributed by atoms with Crippen LogP contribution in [0.4, 0.5) is 17.1 Å². The molecular weight excluding hydrogens is 500 g/mol. The highest BCUT2D eigenvalue weighted by molar-refractivity contribution is 6.01. The third-order valence-electron chi connectivity index (χ3n) is 7.67. The lowest BCUT2D eigenvalue weighted by molar-refractivity contribution is -0.462. The van der Waals surface area contributed by atoms with Crippen LogP contribution in [0.3, 0.4) is 0 Å². The Balaban J connectivity index is 1.74. The lowest BCUT2D eigenvalue weighted by Crippen LogP contribution is -2.15. The van der Waals surface area contributed by atoms with E-state index in [0.29, 0.717) is 0 Å². The first kappa shape index (κ1) is 29.7. The number of hydrogen-bond acceptors (Lipinski definition) is 3. The Morgan fingerprint density at radius 1 is 0.634 bits per heavy atom. The van der Waals surface area contributed by atoms with Crippen LogP contribution in [0.25, 0.3) is 5.57 Å². The Morgan fingerprint density at radius 3 is 1.44 bits per heavy atom. The van der Waals surface area contributed by atoms with Gasteiger partial charge < -0.3 is 14.7 Å². The Bertz CT molecular complexity index is 1380. The zero-order chi connectivity index (χ0) is 29.5. The van der Waals surface area contributed by atoms with Crippen LogP contribution in [0.2, 0.25) is 0 Å². The summed E-state index contributed by atoms with van der Waals surface area (Å²) in [6, 6.07) is 26.6. The summed E-state index contributed by atoms with van der Waals surface area (Å²) in [5.74, 6) is 0.489. The molecule has 0 saturated carbocycles. The minimum atomic E-state index is 0.215. The van der Waals surface area contributed by atoms with Crippen LogP contribution in [-0.4, -0.2) is 66.7 Å². The number of anilines is 3. The summed E-state index contributed by atoms with van der Waals surface area (Å²) in [6.45, 7) is 0. The first-order valence-corrected chi connectivity index (χ1v) is 14.3. The molecule has 0 amide bonds. The molecule has 0 spiro atoms. The zero-order valence-electron chi connectivity index (χ0n) is 25.9. The van der Waals surface area contributed by atoms with Crippen molar-refractivity contribution in [1.82, 2.24) is 0 Å². The smallest absolute Gasteiger partial charge is 0.198 e. The maximum absolute atomic E-state index is 2.35. The molecule has 1 aliphatic carbocycles. The largest absolute Gasteiger partial charge is 0.378 e. The SMILES string of the molecule is CN(C)c1ccc(C(=CC=CC(c2ccc(N(C)C)cc2)C2C=CC(=[N+](C)C)C=C2)c2ccc(N(C)C)cc2)cc1. The van der Waals surface area contributed by atoms with Gasteiger partial charge in [0.2, 0.25) is 0 Å². The van der Waals surface area contributed by atoms with E-state index in [4.69, 9.17) is 0 Å². The van der Waals surface area contributed by atoms with Crippen LogP contribution in [0.15, 0.2) is 115 Å². The Kier molecular flexibility index (Phi) is 9.67. The fraction of sp³-hybridized carbons (Fsp3) is 0.270. The molecule has 4 nitrogen and oxygen atoms in total. The highest BCUT2D eigenvalue weighted by Crippen LogP contribution is 2.32. The molecule has 0 aromatic heterocycles. The zero-order valence-corrected chi connectivity index (χ0v) is 25.9. The van der Waals surface area contributed by atoms with E-state index in [1.807, 2.05) is 0 Å². The van der Waals surface area contributed by atoms with Crippen LogP contribution in [0.5, 0.6) is 0 Å². The van der Waals surface area contributed by atoms with Crippen molar-refractivity contribution in [2.24, 2.45) is 5.92 Å². The number of rotatable bonds is 9. The summed E-state index contributed by atoms with van der Waals surface area (Å²) in [5.41, 5.74) is 9.72. The van der Waals surface area contributed by atoms with Gasteiger partial charge in [-0.05, 0) is 58.7 Å². The van der Waals surface area contributed by atoms with E-state index in [1.54, 1.807) is 0 Å². The van der Waals surface area contributed by atoms with Gasteiger partial charge in [-0.15, -0.1) is 0 Å². The molecule has 0 saturated heterocycles. The summed E-state index contributed by atoms with van der Waals surface area (Å²) >= 11 is 0.